The first kappa shape index (κ1) is 13.7. The molecule has 102 valence electrons. The van der Waals surface area contributed by atoms with Gasteiger partial charge in [-0.2, -0.15) is 0 Å². The molecular formula is C14H14BrCl2NO. The topological polar surface area (TPSA) is 20.3 Å². The molecule has 1 amide bonds. The number of carbonyl (C=O) groups excluding carboxylic acids is 1. The highest BCUT2D eigenvalue weighted by Crippen LogP contribution is 2.39. The van der Waals surface area contributed by atoms with Crippen LogP contribution in [0.15, 0.2) is 22.7 Å². The van der Waals surface area contributed by atoms with Crippen LogP contribution >= 0.6 is 39.1 Å². The second-order valence-electron chi connectivity index (χ2n) is 5.32. The van der Waals surface area contributed by atoms with Crippen LogP contribution in [0.3, 0.4) is 0 Å². The average Bonchev–Trinajstić information content (AvgIpc) is 2.59. The standard InChI is InChI=1S/C14H14BrCl2NO/c15-9-3-8(4-10(16)5-9)14(19)18-12-1-2-13(18)7-11(17)6-12/h3-5,11-13H,1-2,6-7H2. The van der Waals surface area contributed by atoms with Gasteiger partial charge in [-0.1, -0.05) is 27.5 Å². The van der Waals surface area contributed by atoms with Crippen LogP contribution < -0.4 is 0 Å². The molecule has 19 heavy (non-hydrogen) atoms. The van der Waals surface area contributed by atoms with E-state index in [9.17, 15) is 4.79 Å². The number of nitrogens with zero attached hydrogens (tertiary/aromatic N) is 1. The average molecular weight is 363 g/mol. The molecule has 0 N–H and O–H groups in total. The molecular weight excluding hydrogens is 349 g/mol. The molecule has 2 aliphatic rings. The van der Waals surface area contributed by atoms with Gasteiger partial charge in [0, 0.05) is 32.5 Å². The number of piperidine rings is 1. The monoisotopic (exact) mass is 361 g/mol. The van der Waals surface area contributed by atoms with Gasteiger partial charge in [0.2, 0.25) is 0 Å². The van der Waals surface area contributed by atoms with Gasteiger partial charge in [-0.25, -0.2) is 0 Å². The number of hydrogen-bond acceptors (Lipinski definition) is 1. The Morgan fingerprint density at radius 2 is 1.84 bits per heavy atom. The quantitative estimate of drug-likeness (QED) is 0.674. The van der Waals surface area contributed by atoms with Gasteiger partial charge in [0.05, 0.1) is 0 Å². The van der Waals surface area contributed by atoms with Crippen LogP contribution in [-0.2, 0) is 0 Å². The van der Waals surface area contributed by atoms with Gasteiger partial charge in [-0.05, 0) is 43.9 Å². The predicted octanol–water partition coefficient (Wildman–Crippen LogP) is 4.48. The van der Waals surface area contributed by atoms with Crippen LogP contribution in [0.4, 0.5) is 0 Å². The van der Waals surface area contributed by atoms with Gasteiger partial charge >= 0.3 is 0 Å². The molecule has 2 fully saturated rings. The summed E-state index contributed by atoms with van der Waals surface area (Å²) >= 11 is 15.7. The Hall–Kier alpha value is -0.250. The van der Waals surface area contributed by atoms with Gasteiger partial charge in [0.1, 0.15) is 0 Å². The third-order valence-corrected chi connectivity index (χ3v) is 5.05. The molecule has 2 unspecified atom stereocenters. The summed E-state index contributed by atoms with van der Waals surface area (Å²) in [5.41, 5.74) is 0.657. The maximum absolute atomic E-state index is 12.7. The fraction of sp³-hybridized carbons (Fsp3) is 0.500. The van der Waals surface area contributed by atoms with E-state index in [1.165, 1.54) is 0 Å². The van der Waals surface area contributed by atoms with Crippen molar-refractivity contribution >= 4 is 45.0 Å². The first-order valence-electron chi connectivity index (χ1n) is 6.47. The maximum atomic E-state index is 12.7. The smallest absolute Gasteiger partial charge is 0.254 e. The molecule has 0 aliphatic carbocycles. The van der Waals surface area contributed by atoms with Crippen molar-refractivity contribution in [3.05, 3.63) is 33.3 Å². The molecule has 0 spiro atoms. The maximum Gasteiger partial charge on any atom is 0.254 e. The van der Waals surface area contributed by atoms with Gasteiger partial charge in [0.25, 0.3) is 5.91 Å². The van der Waals surface area contributed by atoms with E-state index in [1.54, 1.807) is 12.1 Å². The largest absolute Gasteiger partial charge is 0.333 e. The molecule has 3 rings (SSSR count). The highest BCUT2D eigenvalue weighted by Gasteiger charge is 2.42. The van der Waals surface area contributed by atoms with Crippen molar-refractivity contribution in [2.24, 2.45) is 0 Å². The number of amides is 1. The summed E-state index contributed by atoms with van der Waals surface area (Å²) in [6.07, 6.45) is 3.96. The highest BCUT2D eigenvalue weighted by atomic mass is 79.9. The van der Waals surface area contributed by atoms with Crippen LogP contribution in [0.1, 0.15) is 36.0 Å². The lowest BCUT2D eigenvalue weighted by Gasteiger charge is -2.37. The van der Waals surface area contributed by atoms with Gasteiger partial charge in [-0.15, -0.1) is 11.6 Å². The lowest BCUT2D eigenvalue weighted by Crippen LogP contribution is -2.46. The first-order chi connectivity index (χ1) is 9.04. The number of halogens is 3. The van der Waals surface area contributed by atoms with Crippen LogP contribution in [0.5, 0.6) is 0 Å². The van der Waals surface area contributed by atoms with E-state index in [4.69, 9.17) is 23.2 Å². The van der Waals surface area contributed by atoms with Crippen molar-refractivity contribution in [2.75, 3.05) is 0 Å². The minimum Gasteiger partial charge on any atom is -0.333 e. The van der Waals surface area contributed by atoms with Gasteiger partial charge in [-0.3, -0.25) is 4.79 Å². The summed E-state index contributed by atoms with van der Waals surface area (Å²) in [6, 6.07) is 5.96. The number of rotatable bonds is 1. The zero-order valence-corrected chi connectivity index (χ0v) is 13.4. The lowest BCUT2D eigenvalue weighted by atomic mass is 10.0. The fourth-order valence-electron chi connectivity index (χ4n) is 3.27. The number of carbonyl (C=O) groups is 1. The zero-order valence-electron chi connectivity index (χ0n) is 10.3. The minimum atomic E-state index is 0.0827. The summed E-state index contributed by atoms with van der Waals surface area (Å²) in [6.45, 7) is 0. The Kier molecular flexibility index (Phi) is 3.80. The van der Waals surface area contributed by atoms with E-state index in [1.807, 2.05) is 11.0 Å². The Morgan fingerprint density at radius 3 is 2.42 bits per heavy atom. The Morgan fingerprint density at radius 1 is 1.21 bits per heavy atom. The third-order valence-electron chi connectivity index (χ3n) is 4.02. The molecule has 0 radical (unpaired) electrons. The Balaban J connectivity index is 1.88. The van der Waals surface area contributed by atoms with Crippen LogP contribution in [-0.4, -0.2) is 28.3 Å². The summed E-state index contributed by atoms with van der Waals surface area (Å²) in [5.74, 6) is 0.0827. The van der Waals surface area contributed by atoms with Crippen molar-refractivity contribution in [1.82, 2.24) is 4.90 Å². The van der Waals surface area contributed by atoms with Crippen molar-refractivity contribution in [3.63, 3.8) is 0 Å². The SMILES string of the molecule is O=C(c1cc(Cl)cc(Br)c1)N1C2CCC1CC(Cl)C2. The van der Waals surface area contributed by atoms with Crippen LogP contribution in [0.2, 0.25) is 5.02 Å². The first-order valence-corrected chi connectivity index (χ1v) is 8.08. The summed E-state index contributed by atoms with van der Waals surface area (Å²) < 4.78 is 0.836. The van der Waals surface area contributed by atoms with E-state index in [0.29, 0.717) is 22.7 Å². The van der Waals surface area contributed by atoms with E-state index in [2.05, 4.69) is 15.9 Å². The van der Waals surface area contributed by atoms with Crippen molar-refractivity contribution in [3.8, 4) is 0 Å². The summed E-state index contributed by atoms with van der Waals surface area (Å²) in [4.78, 5) is 14.7. The number of benzene rings is 1. The Labute approximate surface area is 131 Å². The van der Waals surface area contributed by atoms with Crippen LogP contribution in [0.25, 0.3) is 0 Å². The molecule has 2 atom stereocenters. The number of alkyl halides is 1. The second-order valence-corrected chi connectivity index (χ2v) is 7.29. The molecule has 2 nitrogen and oxygen atoms in total. The normalized spacial score (nSPS) is 29.6. The molecule has 2 heterocycles. The third kappa shape index (κ3) is 2.65. The number of fused-ring (bicyclic) bond motifs is 2. The van der Waals surface area contributed by atoms with E-state index >= 15 is 0 Å². The molecule has 1 aromatic carbocycles. The second kappa shape index (κ2) is 5.27. The van der Waals surface area contributed by atoms with Gasteiger partial charge < -0.3 is 4.90 Å². The van der Waals surface area contributed by atoms with Gasteiger partial charge in [0.15, 0.2) is 0 Å². The Bertz CT molecular complexity index is 488. The molecule has 0 aromatic heterocycles. The molecule has 5 heteroatoms. The summed E-state index contributed by atoms with van der Waals surface area (Å²) in [5, 5.41) is 0.796. The molecule has 0 saturated carbocycles. The van der Waals surface area contributed by atoms with Crippen molar-refractivity contribution in [1.29, 1.82) is 0 Å². The molecule has 2 saturated heterocycles. The molecule has 1 aromatic rings. The van der Waals surface area contributed by atoms with E-state index in [-0.39, 0.29) is 11.3 Å². The minimum absolute atomic E-state index is 0.0827. The molecule has 2 bridgehead atoms. The lowest BCUT2D eigenvalue weighted by molar-refractivity contribution is 0.0599. The van der Waals surface area contributed by atoms with Crippen molar-refractivity contribution < 1.29 is 4.79 Å². The fourth-order valence-corrected chi connectivity index (χ4v) is 4.54. The highest BCUT2D eigenvalue weighted by molar-refractivity contribution is 9.10. The summed E-state index contributed by atoms with van der Waals surface area (Å²) in [7, 11) is 0. The van der Waals surface area contributed by atoms with Crippen molar-refractivity contribution in [2.45, 2.75) is 43.1 Å². The van der Waals surface area contributed by atoms with E-state index < -0.39 is 0 Å². The molecule has 2 aliphatic heterocycles. The number of hydrogen-bond donors (Lipinski definition) is 0. The zero-order chi connectivity index (χ0) is 13.6. The predicted molar refractivity (Wildman–Crippen MR) is 81.0 cm³/mol. The van der Waals surface area contributed by atoms with E-state index in [0.717, 1.165) is 30.2 Å². The van der Waals surface area contributed by atoms with Crippen LogP contribution in [0, 0.1) is 0 Å².